The van der Waals surface area contributed by atoms with E-state index in [2.05, 4.69) is 10.1 Å². The van der Waals surface area contributed by atoms with Gasteiger partial charge in [0.2, 0.25) is 5.91 Å². The Balaban J connectivity index is 2.79. The van der Waals surface area contributed by atoms with Crippen molar-refractivity contribution in [2.24, 2.45) is 0 Å². The summed E-state index contributed by atoms with van der Waals surface area (Å²) in [7, 11) is 0. The lowest BCUT2D eigenvalue weighted by Gasteiger charge is -2.41. The number of carboxylic acids is 1. The first-order chi connectivity index (χ1) is 7.34. The number of carbonyl (C=O) groups is 2. The molecule has 0 radical (unpaired) electrons. The van der Waals surface area contributed by atoms with Gasteiger partial charge in [-0.05, 0) is 0 Å². The number of nitrogens with one attached hydrogen (secondary N) is 1. The smallest absolute Gasteiger partial charge is 0.217 e. The fourth-order valence-electron chi connectivity index (χ4n) is 1.46. The normalized spacial score (nSPS) is 39.1. The summed E-state index contributed by atoms with van der Waals surface area (Å²) in [5.41, 5.74) is 0. The molecule has 4 N–H and O–H groups in total. The van der Waals surface area contributed by atoms with Crippen LogP contribution in [-0.4, -0.2) is 57.8 Å². The molecule has 8 nitrogen and oxygen atoms in total. The molecule has 1 heterocycles. The van der Waals surface area contributed by atoms with Crippen molar-refractivity contribution in [3.05, 3.63) is 0 Å². The molecule has 1 amide bonds. The highest BCUT2D eigenvalue weighted by Gasteiger charge is 2.44. The Hall–Kier alpha value is -1.22. The molecule has 0 spiro atoms. The van der Waals surface area contributed by atoms with E-state index in [-0.39, 0.29) is 0 Å². The van der Waals surface area contributed by atoms with Crippen LogP contribution in [0.2, 0.25) is 0 Å². The molecule has 1 aliphatic rings. The molecule has 0 aliphatic carbocycles. The zero-order valence-corrected chi connectivity index (χ0v) is 8.36. The van der Waals surface area contributed by atoms with Crippen LogP contribution in [-0.2, 0) is 14.3 Å². The molecule has 0 saturated carbocycles. The van der Waals surface area contributed by atoms with Gasteiger partial charge in [-0.15, -0.1) is 0 Å². The van der Waals surface area contributed by atoms with Crippen molar-refractivity contribution in [2.75, 3.05) is 0 Å². The van der Waals surface area contributed by atoms with Gasteiger partial charge in [-0.2, -0.15) is 0 Å². The quantitative estimate of drug-likeness (QED) is 0.379. The fourth-order valence-corrected chi connectivity index (χ4v) is 1.46. The fraction of sp³-hybridized carbons (Fsp3) is 0.750. The van der Waals surface area contributed by atoms with Crippen molar-refractivity contribution in [3.8, 4) is 0 Å². The lowest BCUT2D eigenvalue weighted by Crippen LogP contribution is -2.66. The molecule has 0 bridgehead atoms. The summed E-state index contributed by atoms with van der Waals surface area (Å²) in [5.74, 6) is -2.32. The molecule has 1 saturated heterocycles. The van der Waals surface area contributed by atoms with E-state index < -0.39 is 42.5 Å². The van der Waals surface area contributed by atoms with Crippen molar-refractivity contribution < 1.29 is 34.8 Å². The first kappa shape index (κ1) is 12.8. The Kier molecular flexibility index (Phi) is 3.81. The number of carbonyl (C=O) groups excluding carboxylic acids is 2. The molecule has 1 fully saturated rings. The monoisotopic (exact) mass is 234 g/mol. The summed E-state index contributed by atoms with van der Waals surface area (Å²) >= 11 is 0. The molecular formula is C8H12NO7-. The number of aliphatic carboxylic acids is 1. The van der Waals surface area contributed by atoms with Gasteiger partial charge in [-0.25, -0.2) is 0 Å². The van der Waals surface area contributed by atoms with Gasteiger partial charge < -0.3 is 35.3 Å². The number of ether oxygens (including phenoxy) is 1. The summed E-state index contributed by atoms with van der Waals surface area (Å²) in [6.45, 7) is 1.14. The van der Waals surface area contributed by atoms with Gasteiger partial charge in [0, 0.05) is 6.92 Å². The molecule has 1 aliphatic heterocycles. The van der Waals surface area contributed by atoms with Gasteiger partial charge in [0.25, 0.3) is 0 Å². The minimum atomic E-state index is -1.84. The maximum atomic E-state index is 10.7. The number of amides is 1. The van der Waals surface area contributed by atoms with Crippen molar-refractivity contribution in [2.45, 2.75) is 37.6 Å². The van der Waals surface area contributed by atoms with Gasteiger partial charge in [-0.3, -0.25) is 4.79 Å². The molecule has 92 valence electrons. The van der Waals surface area contributed by atoms with Crippen LogP contribution in [0.5, 0.6) is 0 Å². The molecule has 8 heteroatoms. The second kappa shape index (κ2) is 4.74. The van der Waals surface area contributed by atoms with E-state index in [4.69, 9.17) is 0 Å². The summed E-state index contributed by atoms with van der Waals surface area (Å²) in [4.78, 5) is 21.2. The molecule has 1 rings (SSSR count). The topological polar surface area (TPSA) is 139 Å². The minimum Gasteiger partial charge on any atom is -0.547 e. The second-order valence-corrected chi connectivity index (χ2v) is 3.47. The number of carboxylic acid groups (broad SMARTS) is 1. The van der Waals surface area contributed by atoms with Crippen LogP contribution in [0.15, 0.2) is 0 Å². The van der Waals surface area contributed by atoms with Crippen LogP contribution >= 0.6 is 0 Å². The van der Waals surface area contributed by atoms with Crippen molar-refractivity contribution in [3.63, 3.8) is 0 Å². The maximum Gasteiger partial charge on any atom is 0.217 e. The highest BCUT2D eigenvalue weighted by molar-refractivity contribution is 5.74. The molecule has 0 aromatic heterocycles. The number of rotatable bonds is 2. The van der Waals surface area contributed by atoms with E-state index in [0.717, 1.165) is 6.92 Å². The lowest BCUT2D eigenvalue weighted by atomic mass is 9.97. The predicted octanol–water partition coefficient (Wildman–Crippen LogP) is -4.32. The zero-order valence-electron chi connectivity index (χ0n) is 8.36. The van der Waals surface area contributed by atoms with E-state index >= 15 is 0 Å². The van der Waals surface area contributed by atoms with E-state index in [1.807, 2.05) is 0 Å². The summed E-state index contributed by atoms with van der Waals surface area (Å²) in [6, 6.07) is -1.29. The van der Waals surface area contributed by atoms with Crippen LogP contribution in [0, 0.1) is 0 Å². The molecule has 0 aromatic rings. The summed E-state index contributed by atoms with van der Waals surface area (Å²) in [5, 5.41) is 40.8. The molecule has 5 atom stereocenters. The van der Waals surface area contributed by atoms with Crippen LogP contribution in [0.4, 0.5) is 0 Å². The Morgan fingerprint density at radius 1 is 1.25 bits per heavy atom. The van der Waals surface area contributed by atoms with Crippen LogP contribution in [0.1, 0.15) is 6.92 Å². The molecule has 16 heavy (non-hydrogen) atoms. The SMILES string of the molecule is CC(=O)N[C@@H]1C(O)O[C@H](C(=O)[O-])[C@@H](O)[C@@H]1O. The van der Waals surface area contributed by atoms with Gasteiger partial charge >= 0.3 is 0 Å². The highest BCUT2D eigenvalue weighted by atomic mass is 16.6. The van der Waals surface area contributed by atoms with E-state index in [9.17, 15) is 30.0 Å². The first-order valence-electron chi connectivity index (χ1n) is 4.52. The molecule has 0 aromatic carbocycles. The lowest BCUT2D eigenvalue weighted by molar-refractivity contribution is -0.338. The van der Waals surface area contributed by atoms with Crippen LogP contribution < -0.4 is 10.4 Å². The Bertz CT molecular complexity index is 294. The van der Waals surface area contributed by atoms with Gasteiger partial charge in [0.1, 0.15) is 24.4 Å². The Morgan fingerprint density at radius 3 is 2.25 bits per heavy atom. The van der Waals surface area contributed by atoms with Crippen molar-refractivity contribution in [1.82, 2.24) is 5.32 Å². The average Bonchev–Trinajstić information content (AvgIpc) is 2.17. The van der Waals surface area contributed by atoms with Crippen molar-refractivity contribution >= 4 is 11.9 Å². The van der Waals surface area contributed by atoms with Gasteiger partial charge in [0.15, 0.2) is 6.29 Å². The number of aliphatic hydroxyl groups is 3. The highest BCUT2D eigenvalue weighted by Crippen LogP contribution is 2.19. The van der Waals surface area contributed by atoms with E-state index in [1.54, 1.807) is 0 Å². The Labute approximate surface area is 90.5 Å². The first-order valence-corrected chi connectivity index (χ1v) is 4.52. The van der Waals surface area contributed by atoms with E-state index in [0.29, 0.717) is 0 Å². The number of hydrogen-bond donors (Lipinski definition) is 4. The molecular weight excluding hydrogens is 222 g/mol. The third-order valence-corrected chi connectivity index (χ3v) is 2.22. The summed E-state index contributed by atoms with van der Waals surface area (Å²) in [6.07, 6.45) is -7.01. The van der Waals surface area contributed by atoms with Gasteiger partial charge in [0.05, 0.1) is 5.97 Å². The zero-order chi connectivity index (χ0) is 12.5. The maximum absolute atomic E-state index is 10.7. The minimum absolute atomic E-state index is 0.564. The van der Waals surface area contributed by atoms with Crippen LogP contribution in [0.25, 0.3) is 0 Å². The standard InChI is InChI=1S/C8H13NO7/c1-2(10)9-3-4(11)5(12)6(7(13)14)16-8(3)15/h3-6,8,11-12,15H,1H3,(H,9,10)(H,13,14)/p-1/t3-,4+,5-,6-,8?/m0/s1. The van der Waals surface area contributed by atoms with Crippen LogP contribution in [0.3, 0.4) is 0 Å². The summed E-state index contributed by atoms with van der Waals surface area (Å²) < 4.78 is 4.51. The van der Waals surface area contributed by atoms with Crippen molar-refractivity contribution in [1.29, 1.82) is 0 Å². The van der Waals surface area contributed by atoms with E-state index in [1.165, 1.54) is 0 Å². The third kappa shape index (κ3) is 2.47. The second-order valence-electron chi connectivity index (χ2n) is 3.47. The number of hydrogen-bond acceptors (Lipinski definition) is 7. The predicted molar refractivity (Wildman–Crippen MR) is 45.5 cm³/mol. The number of aliphatic hydroxyl groups excluding tert-OH is 3. The third-order valence-electron chi connectivity index (χ3n) is 2.22. The largest absolute Gasteiger partial charge is 0.547 e. The molecule has 1 unspecified atom stereocenters. The average molecular weight is 234 g/mol. The van der Waals surface area contributed by atoms with Gasteiger partial charge in [-0.1, -0.05) is 0 Å². The Morgan fingerprint density at radius 2 is 1.81 bits per heavy atom.